The Bertz CT molecular complexity index is 700. The zero-order valence-electron chi connectivity index (χ0n) is 12.4. The maximum atomic E-state index is 12.1. The lowest BCUT2D eigenvalue weighted by molar-refractivity contribution is -0.122. The molecule has 0 radical (unpaired) electrons. The quantitative estimate of drug-likeness (QED) is 0.799. The van der Waals surface area contributed by atoms with Crippen LogP contribution in [0.25, 0.3) is 0 Å². The number of carbonyl (C=O) groups excluding carboxylic acids is 2. The summed E-state index contributed by atoms with van der Waals surface area (Å²) < 4.78 is 4.98. The number of carbonyl (C=O) groups is 2. The first-order valence-corrected chi connectivity index (χ1v) is 7.88. The van der Waals surface area contributed by atoms with Crippen LogP contribution >= 0.6 is 11.6 Å². The Labute approximate surface area is 139 Å². The van der Waals surface area contributed by atoms with Gasteiger partial charge in [0, 0.05) is 24.0 Å². The predicted molar refractivity (Wildman–Crippen MR) is 86.4 cm³/mol. The van der Waals surface area contributed by atoms with Crippen LogP contribution in [0.3, 0.4) is 0 Å². The molecule has 1 aromatic carbocycles. The zero-order chi connectivity index (χ0) is 16.2. The molecule has 0 spiro atoms. The Balaban J connectivity index is 1.40. The number of nitrogens with one attached hydrogen (secondary N) is 2. The summed E-state index contributed by atoms with van der Waals surface area (Å²) in [5.74, 6) is 0.140. The van der Waals surface area contributed by atoms with Crippen molar-refractivity contribution in [3.05, 3.63) is 59.0 Å². The third-order valence-corrected chi connectivity index (χ3v) is 4.23. The van der Waals surface area contributed by atoms with E-state index < -0.39 is 0 Å². The molecule has 2 amide bonds. The second-order valence-corrected chi connectivity index (χ2v) is 5.90. The van der Waals surface area contributed by atoms with Gasteiger partial charge in [0.25, 0.3) is 5.91 Å². The van der Waals surface area contributed by atoms with Gasteiger partial charge in [-0.05, 0) is 36.1 Å². The molecular formula is C17H17ClN2O3. The third-order valence-electron chi connectivity index (χ3n) is 3.89. The summed E-state index contributed by atoms with van der Waals surface area (Å²) in [4.78, 5) is 23.7. The Morgan fingerprint density at radius 3 is 2.65 bits per heavy atom. The molecule has 2 aromatic rings. The van der Waals surface area contributed by atoms with E-state index in [1.165, 1.54) is 6.26 Å². The molecule has 0 aliphatic heterocycles. The molecule has 120 valence electrons. The van der Waals surface area contributed by atoms with Crippen molar-refractivity contribution >= 4 is 23.4 Å². The van der Waals surface area contributed by atoms with Crippen LogP contribution in [0.1, 0.15) is 28.5 Å². The van der Waals surface area contributed by atoms with Crippen molar-refractivity contribution in [3.63, 3.8) is 0 Å². The molecule has 3 rings (SSSR count). The Kier molecular flexibility index (Phi) is 4.67. The van der Waals surface area contributed by atoms with Gasteiger partial charge in [-0.1, -0.05) is 29.8 Å². The molecule has 0 saturated heterocycles. The van der Waals surface area contributed by atoms with Gasteiger partial charge in [0.1, 0.15) is 0 Å². The van der Waals surface area contributed by atoms with Gasteiger partial charge in [0.2, 0.25) is 5.91 Å². The molecule has 23 heavy (non-hydrogen) atoms. The smallest absolute Gasteiger partial charge is 0.287 e. The van der Waals surface area contributed by atoms with Crippen LogP contribution < -0.4 is 10.6 Å². The fraction of sp³-hybridized carbons (Fsp3) is 0.294. The standard InChI is InChI=1S/C17H17ClN2O3/c18-14-5-2-1-4-11(14)12-10-13(12)16(21)19-7-8-20-17(22)15-6-3-9-23-15/h1-6,9,12-13H,7-8,10H2,(H,19,21)(H,20,22). The second kappa shape index (κ2) is 6.87. The molecular weight excluding hydrogens is 316 g/mol. The van der Waals surface area contributed by atoms with Crippen LogP contribution in [-0.4, -0.2) is 24.9 Å². The molecule has 1 aliphatic rings. The molecule has 2 unspecified atom stereocenters. The Hall–Kier alpha value is -2.27. The topological polar surface area (TPSA) is 71.3 Å². The van der Waals surface area contributed by atoms with Crippen molar-refractivity contribution in [2.24, 2.45) is 5.92 Å². The van der Waals surface area contributed by atoms with Crippen molar-refractivity contribution in [2.45, 2.75) is 12.3 Å². The van der Waals surface area contributed by atoms with Crippen molar-refractivity contribution < 1.29 is 14.0 Å². The van der Waals surface area contributed by atoms with E-state index in [9.17, 15) is 9.59 Å². The van der Waals surface area contributed by atoms with Crippen molar-refractivity contribution in [1.82, 2.24) is 10.6 Å². The summed E-state index contributed by atoms with van der Waals surface area (Å²) in [5.41, 5.74) is 1.03. The van der Waals surface area contributed by atoms with Crippen molar-refractivity contribution in [1.29, 1.82) is 0 Å². The van der Waals surface area contributed by atoms with E-state index in [1.807, 2.05) is 24.3 Å². The SMILES string of the molecule is O=C(NCCNC(=O)C1CC1c1ccccc1Cl)c1ccco1. The van der Waals surface area contributed by atoms with E-state index in [4.69, 9.17) is 16.0 Å². The summed E-state index contributed by atoms with van der Waals surface area (Å²) in [7, 11) is 0. The minimum atomic E-state index is -0.287. The summed E-state index contributed by atoms with van der Waals surface area (Å²) in [6.45, 7) is 0.742. The van der Waals surface area contributed by atoms with Crippen molar-refractivity contribution in [3.8, 4) is 0 Å². The molecule has 2 atom stereocenters. The minimum Gasteiger partial charge on any atom is -0.459 e. The van der Waals surface area contributed by atoms with Crippen LogP contribution in [0.4, 0.5) is 0 Å². The second-order valence-electron chi connectivity index (χ2n) is 5.49. The highest BCUT2D eigenvalue weighted by atomic mass is 35.5. The van der Waals surface area contributed by atoms with E-state index in [2.05, 4.69) is 10.6 Å². The molecule has 5 nitrogen and oxygen atoms in total. The fourth-order valence-electron chi connectivity index (χ4n) is 2.59. The van der Waals surface area contributed by atoms with Gasteiger partial charge in [-0.2, -0.15) is 0 Å². The normalized spacial score (nSPS) is 19.2. The van der Waals surface area contributed by atoms with Crippen LogP contribution in [0.15, 0.2) is 47.1 Å². The molecule has 0 bridgehead atoms. The molecule has 1 aromatic heterocycles. The van der Waals surface area contributed by atoms with Gasteiger partial charge >= 0.3 is 0 Å². The van der Waals surface area contributed by atoms with Gasteiger partial charge < -0.3 is 15.1 Å². The predicted octanol–water partition coefficient (Wildman–Crippen LogP) is 2.58. The highest BCUT2D eigenvalue weighted by molar-refractivity contribution is 6.31. The molecule has 1 heterocycles. The summed E-state index contributed by atoms with van der Waals surface area (Å²) in [6.07, 6.45) is 2.26. The molecule has 2 N–H and O–H groups in total. The lowest BCUT2D eigenvalue weighted by Gasteiger charge is -2.06. The largest absolute Gasteiger partial charge is 0.459 e. The summed E-state index contributed by atoms with van der Waals surface area (Å²) >= 11 is 6.15. The Morgan fingerprint density at radius 1 is 1.13 bits per heavy atom. The summed E-state index contributed by atoms with van der Waals surface area (Å²) in [5, 5.41) is 6.23. The van der Waals surface area contributed by atoms with Crippen molar-refractivity contribution in [2.75, 3.05) is 13.1 Å². The van der Waals surface area contributed by atoms with Gasteiger partial charge in [0.05, 0.1) is 6.26 Å². The van der Waals surface area contributed by atoms with E-state index in [1.54, 1.807) is 12.1 Å². The van der Waals surface area contributed by atoms with E-state index >= 15 is 0 Å². The van der Waals surface area contributed by atoms with E-state index in [0.29, 0.717) is 18.1 Å². The van der Waals surface area contributed by atoms with Crippen LogP contribution in [0.2, 0.25) is 5.02 Å². The maximum absolute atomic E-state index is 12.1. The first-order valence-electron chi connectivity index (χ1n) is 7.50. The summed E-state index contributed by atoms with van der Waals surface area (Å²) in [6, 6.07) is 10.9. The Morgan fingerprint density at radius 2 is 1.91 bits per heavy atom. The number of halogens is 1. The number of rotatable bonds is 6. The third kappa shape index (κ3) is 3.74. The molecule has 1 fully saturated rings. The lowest BCUT2D eigenvalue weighted by atomic mass is 10.1. The van der Waals surface area contributed by atoms with E-state index in [-0.39, 0.29) is 29.4 Å². The van der Waals surface area contributed by atoms with Crippen LogP contribution in [0, 0.1) is 5.92 Å². The number of furan rings is 1. The van der Waals surface area contributed by atoms with Gasteiger partial charge in [0.15, 0.2) is 5.76 Å². The maximum Gasteiger partial charge on any atom is 0.287 e. The van der Waals surface area contributed by atoms with Crippen LogP contribution in [0.5, 0.6) is 0 Å². The number of benzene rings is 1. The number of hydrogen-bond acceptors (Lipinski definition) is 3. The fourth-order valence-corrected chi connectivity index (χ4v) is 2.87. The van der Waals surface area contributed by atoms with Gasteiger partial charge in [-0.25, -0.2) is 0 Å². The number of amides is 2. The van der Waals surface area contributed by atoms with Crippen LogP contribution in [-0.2, 0) is 4.79 Å². The highest BCUT2D eigenvalue weighted by Gasteiger charge is 2.44. The molecule has 1 saturated carbocycles. The average Bonchev–Trinajstić information content (AvgIpc) is 3.15. The molecule has 6 heteroatoms. The first kappa shape index (κ1) is 15.6. The zero-order valence-corrected chi connectivity index (χ0v) is 13.2. The van der Waals surface area contributed by atoms with Gasteiger partial charge in [-0.3, -0.25) is 9.59 Å². The monoisotopic (exact) mass is 332 g/mol. The van der Waals surface area contributed by atoms with Gasteiger partial charge in [-0.15, -0.1) is 0 Å². The average molecular weight is 333 g/mol. The number of hydrogen-bond donors (Lipinski definition) is 2. The first-order chi connectivity index (χ1) is 11.2. The lowest BCUT2D eigenvalue weighted by Crippen LogP contribution is -2.35. The highest BCUT2D eigenvalue weighted by Crippen LogP contribution is 2.49. The molecule has 1 aliphatic carbocycles. The van der Waals surface area contributed by atoms with E-state index in [0.717, 1.165) is 12.0 Å². The minimum absolute atomic E-state index is 0.00201.